The largest absolute Gasteiger partial charge is 0.352 e. The minimum Gasteiger partial charge on any atom is -0.352 e. The van der Waals surface area contributed by atoms with Gasteiger partial charge in [-0.05, 0) is 67.1 Å². The van der Waals surface area contributed by atoms with Crippen LogP contribution in [-0.2, 0) is 29.0 Å². The van der Waals surface area contributed by atoms with Crippen molar-refractivity contribution in [2.75, 3.05) is 0 Å². The Labute approximate surface area is 217 Å². The van der Waals surface area contributed by atoms with Crippen LogP contribution in [0.25, 0.3) is 0 Å². The SMILES string of the molecule is CCC(C)NC(=O)C(Cc1ccccc1)N(Cc1ccc(Br)cc1)C(=O)Cc1ccc(C)c(C)c1. The monoisotopic (exact) mass is 534 g/mol. The number of nitrogens with one attached hydrogen (secondary N) is 1. The first-order valence-corrected chi connectivity index (χ1v) is 13.0. The molecule has 0 fully saturated rings. The van der Waals surface area contributed by atoms with Gasteiger partial charge >= 0.3 is 0 Å². The molecule has 3 aromatic rings. The molecule has 0 aliphatic carbocycles. The zero-order valence-electron chi connectivity index (χ0n) is 21.1. The van der Waals surface area contributed by atoms with Gasteiger partial charge in [-0.15, -0.1) is 0 Å². The Bertz CT molecular complexity index is 1130. The summed E-state index contributed by atoms with van der Waals surface area (Å²) in [5.74, 6) is -0.176. The zero-order chi connectivity index (χ0) is 25.4. The Morgan fingerprint density at radius 1 is 0.886 bits per heavy atom. The highest BCUT2D eigenvalue weighted by molar-refractivity contribution is 9.10. The van der Waals surface area contributed by atoms with Crippen molar-refractivity contribution in [1.82, 2.24) is 10.2 Å². The summed E-state index contributed by atoms with van der Waals surface area (Å²) < 4.78 is 0.976. The number of aryl methyl sites for hydroxylation is 2. The van der Waals surface area contributed by atoms with Crippen LogP contribution in [0, 0.1) is 13.8 Å². The third-order valence-electron chi connectivity index (χ3n) is 6.46. The first-order valence-electron chi connectivity index (χ1n) is 12.2. The summed E-state index contributed by atoms with van der Waals surface area (Å²) in [6.07, 6.45) is 1.53. The van der Waals surface area contributed by atoms with E-state index in [0.29, 0.717) is 13.0 Å². The summed E-state index contributed by atoms with van der Waals surface area (Å²) in [4.78, 5) is 29.1. The van der Waals surface area contributed by atoms with E-state index in [4.69, 9.17) is 0 Å². The van der Waals surface area contributed by atoms with Crippen LogP contribution in [0.3, 0.4) is 0 Å². The summed E-state index contributed by atoms with van der Waals surface area (Å²) >= 11 is 3.48. The molecule has 4 nitrogen and oxygen atoms in total. The van der Waals surface area contributed by atoms with Gasteiger partial charge in [-0.3, -0.25) is 9.59 Å². The second-order valence-corrected chi connectivity index (χ2v) is 10.2. The molecule has 3 rings (SSSR count). The number of hydrogen-bond donors (Lipinski definition) is 1. The van der Waals surface area contributed by atoms with Crippen molar-refractivity contribution in [2.45, 2.75) is 65.6 Å². The van der Waals surface area contributed by atoms with Gasteiger partial charge in [0.05, 0.1) is 6.42 Å². The molecule has 2 amide bonds. The Hall–Kier alpha value is -2.92. The summed E-state index contributed by atoms with van der Waals surface area (Å²) in [7, 11) is 0. The van der Waals surface area contributed by atoms with Crippen LogP contribution in [-0.4, -0.2) is 28.8 Å². The maximum Gasteiger partial charge on any atom is 0.243 e. The lowest BCUT2D eigenvalue weighted by Gasteiger charge is -2.32. The number of carbonyl (C=O) groups is 2. The minimum absolute atomic E-state index is 0.0326. The van der Waals surface area contributed by atoms with Crippen molar-refractivity contribution >= 4 is 27.7 Å². The van der Waals surface area contributed by atoms with E-state index in [1.54, 1.807) is 4.90 Å². The van der Waals surface area contributed by atoms with E-state index in [-0.39, 0.29) is 24.3 Å². The lowest BCUT2D eigenvalue weighted by Crippen LogP contribution is -2.52. The van der Waals surface area contributed by atoms with E-state index < -0.39 is 6.04 Å². The van der Waals surface area contributed by atoms with Crippen LogP contribution < -0.4 is 5.32 Å². The standard InChI is InChI=1S/C30H35BrN2O2/c1-5-23(4)32-30(35)28(18-24-9-7-6-8-10-24)33(20-25-13-15-27(31)16-14-25)29(34)19-26-12-11-21(2)22(3)17-26/h6-17,23,28H,5,18-20H2,1-4H3,(H,32,35). The molecule has 35 heavy (non-hydrogen) atoms. The average Bonchev–Trinajstić information content (AvgIpc) is 2.85. The van der Waals surface area contributed by atoms with Crippen LogP contribution in [0.4, 0.5) is 0 Å². The predicted octanol–water partition coefficient (Wildman–Crippen LogP) is 6.16. The van der Waals surface area contributed by atoms with Gasteiger partial charge in [-0.25, -0.2) is 0 Å². The van der Waals surface area contributed by atoms with E-state index >= 15 is 0 Å². The van der Waals surface area contributed by atoms with Crippen LogP contribution >= 0.6 is 15.9 Å². The number of carbonyl (C=O) groups excluding carboxylic acids is 2. The Kier molecular flexibility index (Phi) is 9.67. The first kappa shape index (κ1) is 26.7. The Morgan fingerprint density at radius 2 is 1.54 bits per heavy atom. The molecule has 0 radical (unpaired) electrons. The number of rotatable bonds is 10. The molecule has 3 aromatic carbocycles. The van der Waals surface area contributed by atoms with Gasteiger partial charge in [0.25, 0.3) is 0 Å². The number of nitrogens with zero attached hydrogens (tertiary/aromatic N) is 1. The van der Waals surface area contributed by atoms with Crippen LogP contribution in [0.5, 0.6) is 0 Å². The van der Waals surface area contributed by atoms with Gasteiger partial charge in [0.2, 0.25) is 11.8 Å². The van der Waals surface area contributed by atoms with Crippen molar-refractivity contribution in [3.63, 3.8) is 0 Å². The fourth-order valence-electron chi connectivity index (χ4n) is 3.97. The normalized spacial score (nSPS) is 12.6. The molecule has 0 aliphatic heterocycles. The lowest BCUT2D eigenvalue weighted by molar-refractivity contribution is -0.141. The van der Waals surface area contributed by atoms with E-state index in [9.17, 15) is 9.59 Å². The Balaban J connectivity index is 1.97. The van der Waals surface area contributed by atoms with Gasteiger partial charge in [0.1, 0.15) is 6.04 Å². The van der Waals surface area contributed by atoms with E-state index in [2.05, 4.69) is 41.2 Å². The highest BCUT2D eigenvalue weighted by Crippen LogP contribution is 2.19. The molecule has 0 spiro atoms. The van der Waals surface area contributed by atoms with E-state index in [0.717, 1.165) is 33.1 Å². The van der Waals surface area contributed by atoms with Crippen LogP contribution in [0.15, 0.2) is 77.3 Å². The van der Waals surface area contributed by atoms with Gasteiger partial charge in [0, 0.05) is 23.5 Å². The van der Waals surface area contributed by atoms with Crippen molar-refractivity contribution in [2.24, 2.45) is 0 Å². The van der Waals surface area contributed by atoms with E-state index in [1.807, 2.05) is 80.6 Å². The lowest BCUT2D eigenvalue weighted by atomic mass is 10.00. The molecule has 5 heteroatoms. The van der Waals surface area contributed by atoms with Crippen LogP contribution in [0.1, 0.15) is 48.1 Å². The average molecular weight is 536 g/mol. The topological polar surface area (TPSA) is 49.4 Å². The third kappa shape index (κ3) is 7.79. The van der Waals surface area contributed by atoms with Gasteiger partial charge in [-0.2, -0.15) is 0 Å². The van der Waals surface area contributed by atoms with Crippen molar-refractivity contribution in [3.05, 3.63) is 105 Å². The molecule has 2 unspecified atom stereocenters. The minimum atomic E-state index is -0.617. The van der Waals surface area contributed by atoms with Gasteiger partial charge < -0.3 is 10.2 Å². The molecule has 0 saturated heterocycles. The number of amides is 2. The molecule has 0 bridgehead atoms. The van der Waals surface area contributed by atoms with Crippen molar-refractivity contribution < 1.29 is 9.59 Å². The van der Waals surface area contributed by atoms with Gasteiger partial charge in [0.15, 0.2) is 0 Å². The second kappa shape index (κ2) is 12.7. The second-order valence-electron chi connectivity index (χ2n) is 9.27. The number of halogens is 1. The Morgan fingerprint density at radius 3 is 2.17 bits per heavy atom. The number of benzene rings is 3. The summed E-state index contributed by atoms with van der Waals surface area (Å²) in [6, 6.07) is 23.4. The maximum atomic E-state index is 13.8. The predicted molar refractivity (Wildman–Crippen MR) is 146 cm³/mol. The molecule has 0 aliphatic rings. The maximum absolute atomic E-state index is 13.8. The molecule has 0 heterocycles. The molecular weight excluding hydrogens is 500 g/mol. The van der Waals surface area contributed by atoms with Crippen molar-refractivity contribution in [1.29, 1.82) is 0 Å². The summed E-state index contributed by atoms with van der Waals surface area (Å²) in [5, 5.41) is 3.12. The fourth-order valence-corrected chi connectivity index (χ4v) is 4.24. The molecular formula is C30H35BrN2O2. The first-order chi connectivity index (χ1) is 16.8. The summed E-state index contributed by atoms with van der Waals surface area (Å²) in [5.41, 5.74) is 5.32. The van der Waals surface area contributed by atoms with Crippen LogP contribution in [0.2, 0.25) is 0 Å². The third-order valence-corrected chi connectivity index (χ3v) is 6.99. The zero-order valence-corrected chi connectivity index (χ0v) is 22.6. The highest BCUT2D eigenvalue weighted by Gasteiger charge is 2.31. The smallest absolute Gasteiger partial charge is 0.243 e. The van der Waals surface area contributed by atoms with Crippen molar-refractivity contribution in [3.8, 4) is 0 Å². The number of hydrogen-bond acceptors (Lipinski definition) is 2. The fraction of sp³-hybridized carbons (Fsp3) is 0.333. The molecule has 0 saturated carbocycles. The molecule has 2 atom stereocenters. The molecule has 184 valence electrons. The highest BCUT2D eigenvalue weighted by atomic mass is 79.9. The molecule has 0 aromatic heterocycles. The molecule has 1 N–H and O–H groups in total. The summed E-state index contributed by atoms with van der Waals surface area (Å²) in [6.45, 7) is 8.52. The van der Waals surface area contributed by atoms with E-state index in [1.165, 1.54) is 5.56 Å². The van der Waals surface area contributed by atoms with Gasteiger partial charge in [-0.1, -0.05) is 83.5 Å². The quantitative estimate of drug-likeness (QED) is 0.338.